The zero-order valence-electron chi connectivity index (χ0n) is 8.53. The molecule has 76 valence electrons. The molecule has 1 heterocycles. The van der Waals surface area contributed by atoms with Crippen molar-refractivity contribution in [1.82, 2.24) is 10.3 Å². The van der Waals surface area contributed by atoms with Gasteiger partial charge in [-0.05, 0) is 32.0 Å². The summed E-state index contributed by atoms with van der Waals surface area (Å²) in [5.41, 5.74) is 7.50. The van der Waals surface area contributed by atoms with Gasteiger partial charge in [0.05, 0.1) is 11.7 Å². The Kier molecular flexibility index (Phi) is 2.52. The molecule has 1 aromatic heterocycles. The van der Waals surface area contributed by atoms with Gasteiger partial charge in [0, 0.05) is 18.2 Å². The van der Waals surface area contributed by atoms with E-state index in [2.05, 4.69) is 10.3 Å². The lowest BCUT2D eigenvalue weighted by molar-refractivity contribution is 0.386. The standard InChI is InChI=1S/C11H17N3/c1-13-8-11(5-6-11)10(12)9-4-2-3-7-14-9/h2-4,7,10,13H,5-6,8,12H2,1H3. The Balaban J connectivity index is 2.12. The molecule has 0 aromatic carbocycles. The van der Waals surface area contributed by atoms with Crippen molar-refractivity contribution in [3.05, 3.63) is 30.1 Å². The average Bonchev–Trinajstić information content (AvgIpc) is 3.00. The lowest BCUT2D eigenvalue weighted by atomic mass is 9.94. The maximum atomic E-state index is 6.22. The Morgan fingerprint density at radius 3 is 2.86 bits per heavy atom. The summed E-state index contributed by atoms with van der Waals surface area (Å²) in [7, 11) is 1.98. The monoisotopic (exact) mass is 191 g/mol. The molecule has 0 saturated heterocycles. The lowest BCUT2D eigenvalue weighted by Gasteiger charge is -2.22. The molecular weight excluding hydrogens is 174 g/mol. The van der Waals surface area contributed by atoms with Crippen LogP contribution >= 0.6 is 0 Å². The van der Waals surface area contributed by atoms with Crippen LogP contribution in [0.25, 0.3) is 0 Å². The molecule has 0 bridgehead atoms. The Labute approximate surface area is 84.7 Å². The minimum absolute atomic E-state index is 0.0798. The van der Waals surface area contributed by atoms with E-state index >= 15 is 0 Å². The Morgan fingerprint density at radius 2 is 2.36 bits per heavy atom. The van der Waals surface area contributed by atoms with Gasteiger partial charge in [-0.1, -0.05) is 6.07 Å². The largest absolute Gasteiger partial charge is 0.322 e. The van der Waals surface area contributed by atoms with Gasteiger partial charge in [-0.15, -0.1) is 0 Å². The van der Waals surface area contributed by atoms with Gasteiger partial charge in [-0.25, -0.2) is 0 Å². The second-order valence-corrected chi connectivity index (χ2v) is 4.12. The summed E-state index contributed by atoms with van der Waals surface area (Å²) in [6, 6.07) is 6.02. The number of rotatable bonds is 4. The van der Waals surface area contributed by atoms with Crippen LogP contribution in [0.3, 0.4) is 0 Å². The number of nitrogens with one attached hydrogen (secondary N) is 1. The van der Waals surface area contributed by atoms with Gasteiger partial charge >= 0.3 is 0 Å². The zero-order valence-corrected chi connectivity index (χ0v) is 8.53. The smallest absolute Gasteiger partial charge is 0.0577 e. The molecule has 0 amide bonds. The van der Waals surface area contributed by atoms with E-state index in [1.54, 1.807) is 0 Å². The first-order valence-corrected chi connectivity index (χ1v) is 5.10. The Morgan fingerprint density at radius 1 is 1.57 bits per heavy atom. The third-order valence-corrected chi connectivity index (χ3v) is 3.09. The predicted octanol–water partition coefficient (Wildman–Crippen LogP) is 1.08. The molecule has 1 saturated carbocycles. The van der Waals surface area contributed by atoms with E-state index < -0.39 is 0 Å². The first-order chi connectivity index (χ1) is 6.78. The van der Waals surface area contributed by atoms with E-state index in [-0.39, 0.29) is 11.5 Å². The second kappa shape index (κ2) is 3.67. The number of pyridine rings is 1. The summed E-state index contributed by atoms with van der Waals surface area (Å²) in [6.45, 7) is 0.991. The van der Waals surface area contributed by atoms with Crippen LogP contribution in [-0.2, 0) is 0 Å². The van der Waals surface area contributed by atoms with E-state index in [1.165, 1.54) is 12.8 Å². The van der Waals surface area contributed by atoms with E-state index in [0.29, 0.717) is 0 Å². The maximum Gasteiger partial charge on any atom is 0.0577 e. The highest BCUT2D eigenvalue weighted by Gasteiger charge is 2.48. The highest BCUT2D eigenvalue weighted by molar-refractivity contribution is 5.16. The normalized spacial score (nSPS) is 20.4. The first kappa shape index (κ1) is 9.62. The Hall–Kier alpha value is -0.930. The van der Waals surface area contributed by atoms with Crippen LogP contribution in [-0.4, -0.2) is 18.6 Å². The van der Waals surface area contributed by atoms with Crippen LogP contribution < -0.4 is 11.1 Å². The van der Waals surface area contributed by atoms with E-state index in [9.17, 15) is 0 Å². The summed E-state index contributed by atoms with van der Waals surface area (Å²) in [6.07, 6.45) is 4.24. The van der Waals surface area contributed by atoms with Crippen molar-refractivity contribution in [3.63, 3.8) is 0 Å². The molecule has 3 nitrogen and oxygen atoms in total. The van der Waals surface area contributed by atoms with Gasteiger partial charge in [0.1, 0.15) is 0 Å². The summed E-state index contributed by atoms with van der Waals surface area (Å²) in [5.74, 6) is 0. The van der Waals surface area contributed by atoms with E-state index in [0.717, 1.165) is 12.2 Å². The SMILES string of the molecule is CNCC1(C(N)c2ccccn2)CC1. The fourth-order valence-corrected chi connectivity index (χ4v) is 1.98. The maximum absolute atomic E-state index is 6.22. The van der Waals surface area contributed by atoms with Crippen molar-refractivity contribution in [2.75, 3.05) is 13.6 Å². The van der Waals surface area contributed by atoms with Crippen molar-refractivity contribution < 1.29 is 0 Å². The van der Waals surface area contributed by atoms with Gasteiger partial charge in [0.15, 0.2) is 0 Å². The van der Waals surface area contributed by atoms with Crippen LogP contribution in [0.2, 0.25) is 0 Å². The fraction of sp³-hybridized carbons (Fsp3) is 0.545. The topological polar surface area (TPSA) is 50.9 Å². The number of nitrogens with zero attached hydrogens (tertiary/aromatic N) is 1. The van der Waals surface area contributed by atoms with E-state index in [1.807, 2.05) is 31.4 Å². The van der Waals surface area contributed by atoms with E-state index in [4.69, 9.17) is 5.73 Å². The lowest BCUT2D eigenvalue weighted by Crippen LogP contribution is -2.31. The first-order valence-electron chi connectivity index (χ1n) is 5.10. The van der Waals surface area contributed by atoms with Gasteiger partial charge in [0.2, 0.25) is 0 Å². The minimum atomic E-state index is 0.0798. The molecule has 2 rings (SSSR count). The van der Waals surface area contributed by atoms with Crippen molar-refractivity contribution in [3.8, 4) is 0 Å². The van der Waals surface area contributed by atoms with Crippen molar-refractivity contribution in [2.45, 2.75) is 18.9 Å². The third kappa shape index (κ3) is 1.65. The minimum Gasteiger partial charge on any atom is -0.322 e. The fourth-order valence-electron chi connectivity index (χ4n) is 1.98. The van der Waals surface area contributed by atoms with Crippen LogP contribution in [0.15, 0.2) is 24.4 Å². The molecule has 1 aromatic rings. The molecular formula is C11H17N3. The zero-order chi connectivity index (χ0) is 10.0. The predicted molar refractivity (Wildman–Crippen MR) is 56.8 cm³/mol. The molecule has 1 fully saturated rings. The van der Waals surface area contributed by atoms with Crippen LogP contribution in [0.4, 0.5) is 0 Å². The molecule has 1 aliphatic rings. The molecule has 14 heavy (non-hydrogen) atoms. The molecule has 0 radical (unpaired) electrons. The second-order valence-electron chi connectivity index (χ2n) is 4.12. The molecule has 3 heteroatoms. The molecule has 1 aliphatic carbocycles. The Bertz CT molecular complexity index is 293. The number of aromatic nitrogens is 1. The molecule has 1 atom stereocenters. The molecule has 1 unspecified atom stereocenters. The van der Waals surface area contributed by atoms with Crippen LogP contribution in [0.1, 0.15) is 24.6 Å². The summed E-state index contributed by atoms with van der Waals surface area (Å²) >= 11 is 0. The summed E-state index contributed by atoms with van der Waals surface area (Å²) in [4.78, 5) is 4.31. The van der Waals surface area contributed by atoms with Gasteiger partial charge in [-0.3, -0.25) is 4.98 Å². The highest BCUT2D eigenvalue weighted by atomic mass is 14.9. The molecule has 0 aliphatic heterocycles. The molecule has 0 spiro atoms. The third-order valence-electron chi connectivity index (χ3n) is 3.09. The van der Waals surface area contributed by atoms with Gasteiger partial charge in [-0.2, -0.15) is 0 Å². The number of nitrogens with two attached hydrogens (primary N) is 1. The highest BCUT2D eigenvalue weighted by Crippen LogP contribution is 2.52. The van der Waals surface area contributed by atoms with Crippen LogP contribution in [0, 0.1) is 5.41 Å². The molecule has 3 N–H and O–H groups in total. The quantitative estimate of drug-likeness (QED) is 0.748. The van der Waals surface area contributed by atoms with Gasteiger partial charge in [0.25, 0.3) is 0 Å². The number of hydrogen-bond donors (Lipinski definition) is 2. The number of hydrogen-bond acceptors (Lipinski definition) is 3. The summed E-state index contributed by atoms with van der Waals surface area (Å²) in [5, 5.41) is 3.21. The summed E-state index contributed by atoms with van der Waals surface area (Å²) < 4.78 is 0. The van der Waals surface area contributed by atoms with Gasteiger partial charge < -0.3 is 11.1 Å². The average molecular weight is 191 g/mol. The van der Waals surface area contributed by atoms with Crippen LogP contribution in [0.5, 0.6) is 0 Å². The van der Waals surface area contributed by atoms with Crippen molar-refractivity contribution >= 4 is 0 Å². The van der Waals surface area contributed by atoms with Crippen molar-refractivity contribution in [2.24, 2.45) is 11.1 Å². The van der Waals surface area contributed by atoms with Crippen molar-refractivity contribution in [1.29, 1.82) is 0 Å².